The zero-order valence-electron chi connectivity index (χ0n) is 12.8. The molecular formula is C17H14ClN3O3. The molecule has 2 aromatic carbocycles. The first-order chi connectivity index (χ1) is 11.6. The fraction of sp³-hybridized carbons (Fsp3) is 0.118. The molecule has 0 radical (unpaired) electrons. The summed E-state index contributed by atoms with van der Waals surface area (Å²) >= 11 is 5.89. The lowest BCUT2D eigenvalue weighted by Gasteiger charge is -2.15. The van der Waals surface area contributed by atoms with E-state index in [2.05, 4.69) is 15.5 Å². The van der Waals surface area contributed by atoms with Crippen LogP contribution in [0.1, 0.15) is 6.92 Å². The van der Waals surface area contributed by atoms with E-state index in [1.165, 1.54) is 6.39 Å². The van der Waals surface area contributed by atoms with E-state index < -0.39 is 6.10 Å². The average Bonchev–Trinajstić information content (AvgIpc) is 3.10. The molecule has 0 saturated heterocycles. The normalized spacial score (nSPS) is 11.8. The third kappa shape index (κ3) is 3.91. The molecule has 0 aliphatic carbocycles. The lowest BCUT2D eigenvalue weighted by atomic mass is 10.2. The molecule has 0 aliphatic heterocycles. The third-order valence-electron chi connectivity index (χ3n) is 3.24. The lowest BCUT2D eigenvalue weighted by Crippen LogP contribution is -2.30. The van der Waals surface area contributed by atoms with Crippen LogP contribution < -0.4 is 10.1 Å². The fourth-order valence-electron chi connectivity index (χ4n) is 2.04. The van der Waals surface area contributed by atoms with E-state index in [0.29, 0.717) is 22.4 Å². The first kappa shape index (κ1) is 16.0. The Morgan fingerprint density at radius 2 is 2.04 bits per heavy atom. The van der Waals surface area contributed by atoms with Gasteiger partial charge in [-0.05, 0) is 49.4 Å². The summed E-state index contributed by atoms with van der Waals surface area (Å²) in [6.07, 6.45) is 0.598. The number of hydrogen-bond acceptors (Lipinski definition) is 5. The van der Waals surface area contributed by atoms with Crippen molar-refractivity contribution in [2.75, 3.05) is 5.32 Å². The van der Waals surface area contributed by atoms with E-state index in [-0.39, 0.29) is 5.91 Å². The Kier molecular flexibility index (Phi) is 4.77. The van der Waals surface area contributed by atoms with Crippen molar-refractivity contribution >= 4 is 23.2 Å². The summed E-state index contributed by atoms with van der Waals surface area (Å²) in [5.74, 6) is 0.721. The lowest BCUT2D eigenvalue weighted by molar-refractivity contribution is -0.122. The molecule has 7 heteroatoms. The summed E-state index contributed by atoms with van der Waals surface area (Å²) in [5.41, 5.74) is 1.39. The van der Waals surface area contributed by atoms with E-state index in [1.807, 2.05) is 0 Å². The van der Waals surface area contributed by atoms with E-state index in [9.17, 15) is 4.79 Å². The van der Waals surface area contributed by atoms with Crippen LogP contribution in [-0.2, 0) is 4.79 Å². The summed E-state index contributed by atoms with van der Waals surface area (Å²) in [6.45, 7) is 1.67. The second-order valence-electron chi connectivity index (χ2n) is 5.03. The monoisotopic (exact) mass is 343 g/mol. The minimum Gasteiger partial charge on any atom is -0.481 e. The van der Waals surface area contributed by atoms with Crippen LogP contribution in [0.4, 0.5) is 5.69 Å². The van der Waals surface area contributed by atoms with Gasteiger partial charge in [-0.15, -0.1) is 10.2 Å². The van der Waals surface area contributed by atoms with Gasteiger partial charge in [-0.2, -0.15) is 0 Å². The minimum absolute atomic E-state index is 0.266. The Balaban J connectivity index is 1.61. The number of aromatic nitrogens is 2. The van der Waals surface area contributed by atoms with Gasteiger partial charge in [0.2, 0.25) is 12.3 Å². The van der Waals surface area contributed by atoms with Crippen molar-refractivity contribution in [3.8, 4) is 17.2 Å². The Bertz CT molecular complexity index is 819. The molecule has 122 valence electrons. The van der Waals surface area contributed by atoms with Gasteiger partial charge in [0, 0.05) is 16.3 Å². The zero-order valence-corrected chi connectivity index (χ0v) is 13.5. The standard InChI is InChI=1S/C17H14ClN3O3/c1-11(16(22)20-14-4-2-3-13(18)9-14)24-15-7-5-12(6-8-15)17-21-19-10-23-17/h2-11H,1H3,(H,20,22). The highest BCUT2D eigenvalue weighted by Crippen LogP contribution is 2.21. The number of carbonyl (C=O) groups excluding carboxylic acids is 1. The number of halogens is 1. The van der Waals surface area contributed by atoms with Gasteiger partial charge < -0.3 is 14.5 Å². The molecule has 1 N–H and O–H groups in total. The summed E-state index contributed by atoms with van der Waals surface area (Å²) in [5, 5.41) is 10.8. The maximum atomic E-state index is 12.2. The molecule has 1 amide bonds. The number of rotatable bonds is 5. The predicted octanol–water partition coefficient (Wildman–Crippen LogP) is 3.80. The summed E-state index contributed by atoms with van der Waals surface area (Å²) < 4.78 is 10.8. The molecule has 3 aromatic rings. The number of nitrogens with zero attached hydrogens (tertiary/aromatic N) is 2. The number of carbonyl (C=O) groups is 1. The molecular weight excluding hydrogens is 330 g/mol. The van der Waals surface area contributed by atoms with Gasteiger partial charge in [-0.25, -0.2) is 0 Å². The molecule has 0 saturated carbocycles. The Hall–Kier alpha value is -2.86. The predicted molar refractivity (Wildman–Crippen MR) is 89.9 cm³/mol. The highest BCUT2D eigenvalue weighted by molar-refractivity contribution is 6.30. The quantitative estimate of drug-likeness (QED) is 0.762. The smallest absolute Gasteiger partial charge is 0.265 e. The third-order valence-corrected chi connectivity index (χ3v) is 3.47. The van der Waals surface area contributed by atoms with E-state index in [0.717, 1.165) is 5.56 Å². The van der Waals surface area contributed by atoms with Crippen LogP contribution in [0.2, 0.25) is 5.02 Å². The van der Waals surface area contributed by atoms with Crippen LogP contribution in [0, 0.1) is 0 Å². The van der Waals surface area contributed by atoms with Crippen LogP contribution in [0.15, 0.2) is 59.3 Å². The molecule has 1 aromatic heterocycles. The number of nitrogens with one attached hydrogen (secondary N) is 1. The van der Waals surface area contributed by atoms with Gasteiger partial charge in [0.05, 0.1) is 0 Å². The second kappa shape index (κ2) is 7.14. The van der Waals surface area contributed by atoms with Crippen molar-refractivity contribution in [1.82, 2.24) is 10.2 Å². The molecule has 1 atom stereocenters. The van der Waals surface area contributed by atoms with Crippen LogP contribution >= 0.6 is 11.6 Å². The van der Waals surface area contributed by atoms with Gasteiger partial charge in [-0.1, -0.05) is 17.7 Å². The number of anilines is 1. The van der Waals surface area contributed by atoms with E-state index >= 15 is 0 Å². The molecule has 0 aliphatic rings. The Morgan fingerprint density at radius 3 is 2.71 bits per heavy atom. The van der Waals surface area contributed by atoms with Gasteiger partial charge in [0.15, 0.2) is 6.10 Å². The van der Waals surface area contributed by atoms with Gasteiger partial charge in [0.1, 0.15) is 5.75 Å². The number of hydrogen-bond donors (Lipinski definition) is 1. The highest BCUT2D eigenvalue weighted by Gasteiger charge is 2.15. The van der Waals surface area contributed by atoms with Crippen molar-refractivity contribution in [1.29, 1.82) is 0 Å². The SMILES string of the molecule is CC(Oc1ccc(-c2nnco2)cc1)C(=O)Nc1cccc(Cl)c1. The first-order valence-corrected chi connectivity index (χ1v) is 7.59. The molecule has 6 nitrogen and oxygen atoms in total. The molecule has 0 spiro atoms. The summed E-state index contributed by atoms with van der Waals surface area (Å²) in [4.78, 5) is 12.2. The van der Waals surface area contributed by atoms with Crippen LogP contribution in [-0.4, -0.2) is 22.2 Å². The second-order valence-corrected chi connectivity index (χ2v) is 5.46. The summed E-state index contributed by atoms with van der Waals surface area (Å²) in [7, 11) is 0. The van der Waals surface area contributed by atoms with Crippen molar-refractivity contribution < 1.29 is 13.9 Å². The van der Waals surface area contributed by atoms with Gasteiger partial charge >= 0.3 is 0 Å². The largest absolute Gasteiger partial charge is 0.481 e. The topological polar surface area (TPSA) is 77.2 Å². The number of ether oxygens (including phenoxy) is 1. The average molecular weight is 344 g/mol. The van der Waals surface area contributed by atoms with E-state index in [4.69, 9.17) is 20.8 Å². The van der Waals surface area contributed by atoms with Crippen LogP contribution in [0.25, 0.3) is 11.5 Å². The first-order valence-electron chi connectivity index (χ1n) is 7.21. The van der Waals surface area contributed by atoms with Crippen LogP contribution in [0.3, 0.4) is 0 Å². The number of amides is 1. The van der Waals surface area contributed by atoms with Crippen molar-refractivity contribution in [2.24, 2.45) is 0 Å². The van der Waals surface area contributed by atoms with Crippen molar-refractivity contribution in [3.63, 3.8) is 0 Å². The highest BCUT2D eigenvalue weighted by atomic mass is 35.5. The Morgan fingerprint density at radius 1 is 1.25 bits per heavy atom. The maximum Gasteiger partial charge on any atom is 0.265 e. The molecule has 24 heavy (non-hydrogen) atoms. The van der Waals surface area contributed by atoms with Crippen LogP contribution in [0.5, 0.6) is 5.75 Å². The van der Waals surface area contributed by atoms with Gasteiger partial charge in [0.25, 0.3) is 5.91 Å². The molecule has 0 bridgehead atoms. The fourth-order valence-corrected chi connectivity index (χ4v) is 2.23. The van der Waals surface area contributed by atoms with Crippen molar-refractivity contribution in [3.05, 3.63) is 59.9 Å². The van der Waals surface area contributed by atoms with Crippen molar-refractivity contribution in [2.45, 2.75) is 13.0 Å². The number of benzene rings is 2. The maximum absolute atomic E-state index is 12.2. The Labute approximate surface area is 143 Å². The molecule has 1 unspecified atom stereocenters. The molecule has 1 heterocycles. The molecule has 3 rings (SSSR count). The van der Waals surface area contributed by atoms with E-state index in [1.54, 1.807) is 55.5 Å². The molecule has 0 fully saturated rings. The minimum atomic E-state index is -0.668. The summed E-state index contributed by atoms with van der Waals surface area (Å²) in [6, 6.07) is 14.0. The zero-order chi connectivity index (χ0) is 16.9. The van der Waals surface area contributed by atoms with Gasteiger partial charge in [-0.3, -0.25) is 4.79 Å².